The molecule has 0 fully saturated rings. The average molecular weight is 255 g/mol. The van der Waals surface area contributed by atoms with E-state index in [9.17, 15) is 0 Å². The maximum atomic E-state index is 3.76. The summed E-state index contributed by atoms with van der Waals surface area (Å²) in [5.74, 6) is 0.736. The van der Waals surface area contributed by atoms with Gasteiger partial charge in [0.15, 0.2) is 0 Å². The topological polar surface area (TPSA) is 0 Å². The second-order valence-electron chi connectivity index (χ2n) is 4.46. The molecule has 78 valence electrons. The van der Waals surface area contributed by atoms with Crippen LogP contribution in [0.3, 0.4) is 0 Å². The van der Waals surface area contributed by atoms with Gasteiger partial charge in [-0.3, -0.25) is 0 Å². The first-order valence-electron chi connectivity index (χ1n) is 5.22. The maximum absolute atomic E-state index is 3.76. The van der Waals surface area contributed by atoms with E-state index in [1.165, 1.54) is 23.1 Å². The first kappa shape index (κ1) is 11.8. The van der Waals surface area contributed by atoms with Crippen molar-refractivity contribution >= 4 is 15.9 Å². The van der Waals surface area contributed by atoms with Crippen LogP contribution in [-0.4, -0.2) is 0 Å². The Labute approximate surface area is 95.9 Å². The van der Waals surface area contributed by atoms with Gasteiger partial charge in [0.25, 0.3) is 0 Å². The number of rotatable bonds is 3. The zero-order chi connectivity index (χ0) is 10.7. The molecule has 0 heterocycles. The van der Waals surface area contributed by atoms with Crippen LogP contribution in [0.2, 0.25) is 0 Å². The van der Waals surface area contributed by atoms with Gasteiger partial charge in [-0.05, 0) is 37.3 Å². The highest BCUT2D eigenvalue weighted by Gasteiger charge is 2.11. The molecule has 0 N–H and O–H groups in total. The second kappa shape index (κ2) is 4.97. The molecule has 0 amide bonds. The number of benzene rings is 1. The van der Waals surface area contributed by atoms with Crippen molar-refractivity contribution < 1.29 is 0 Å². The van der Waals surface area contributed by atoms with Crippen LogP contribution < -0.4 is 0 Å². The first-order chi connectivity index (χ1) is 6.50. The normalized spacial score (nSPS) is 13.3. The van der Waals surface area contributed by atoms with Crippen molar-refractivity contribution in [3.8, 4) is 0 Å². The van der Waals surface area contributed by atoms with E-state index in [0.717, 1.165) is 5.92 Å². The Hall–Kier alpha value is -0.300. The average Bonchev–Trinajstić information content (AvgIpc) is 2.01. The van der Waals surface area contributed by atoms with E-state index >= 15 is 0 Å². The van der Waals surface area contributed by atoms with Gasteiger partial charge in [-0.1, -0.05) is 53.5 Å². The minimum Gasteiger partial charge on any atom is -0.0839 e. The molecule has 1 unspecified atom stereocenters. The highest BCUT2D eigenvalue weighted by atomic mass is 79.9. The van der Waals surface area contributed by atoms with Crippen molar-refractivity contribution in [3.63, 3.8) is 0 Å². The summed E-state index contributed by atoms with van der Waals surface area (Å²) in [4.78, 5) is 0.503. The lowest BCUT2D eigenvalue weighted by Gasteiger charge is -2.15. The second-order valence-corrected chi connectivity index (χ2v) is 5.56. The zero-order valence-electron chi connectivity index (χ0n) is 9.47. The molecule has 14 heavy (non-hydrogen) atoms. The number of aryl methyl sites for hydroxylation is 2. The van der Waals surface area contributed by atoms with Gasteiger partial charge in [-0.15, -0.1) is 0 Å². The third kappa shape index (κ3) is 3.13. The zero-order valence-corrected chi connectivity index (χ0v) is 11.1. The van der Waals surface area contributed by atoms with Gasteiger partial charge in [-0.2, -0.15) is 0 Å². The van der Waals surface area contributed by atoms with Crippen molar-refractivity contribution in [1.82, 2.24) is 0 Å². The number of alkyl halides is 1. The van der Waals surface area contributed by atoms with Gasteiger partial charge in [0.1, 0.15) is 0 Å². The fourth-order valence-electron chi connectivity index (χ4n) is 1.72. The van der Waals surface area contributed by atoms with E-state index in [0.29, 0.717) is 4.83 Å². The van der Waals surface area contributed by atoms with Crippen LogP contribution in [0.1, 0.15) is 41.8 Å². The molecule has 0 radical (unpaired) electrons. The molecule has 0 saturated heterocycles. The Bertz CT molecular complexity index is 302. The van der Waals surface area contributed by atoms with Crippen LogP contribution >= 0.6 is 15.9 Å². The Kier molecular flexibility index (Phi) is 4.18. The fourth-order valence-corrected chi connectivity index (χ4v) is 2.98. The molecule has 0 saturated carbocycles. The number of halogens is 1. The van der Waals surface area contributed by atoms with Crippen LogP contribution in [0, 0.1) is 19.8 Å². The molecule has 0 nitrogen and oxygen atoms in total. The van der Waals surface area contributed by atoms with Gasteiger partial charge in [0.2, 0.25) is 0 Å². The molecular formula is C13H19Br. The quantitative estimate of drug-likeness (QED) is 0.681. The van der Waals surface area contributed by atoms with Crippen LogP contribution in [-0.2, 0) is 0 Å². The van der Waals surface area contributed by atoms with Gasteiger partial charge in [0, 0.05) is 4.83 Å². The molecule has 0 spiro atoms. The summed E-state index contributed by atoms with van der Waals surface area (Å²) in [5.41, 5.74) is 4.17. The highest BCUT2D eigenvalue weighted by molar-refractivity contribution is 9.09. The Balaban J connectivity index is 2.84. The van der Waals surface area contributed by atoms with Gasteiger partial charge >= 0.3 is 0 Å². The SMILES string of the molecule is Cc1ccc(C(Br)CC(C)C)c(C)c1. The summed E-state index contributed by atoms with van der Waals surface area (Å²) < 4.78 is 0. The molecule has 1 atom stereocenters. The van der Waals surface area contributed by atoms with Crippen molar-refractivity contribution in [2.45, 2.75) is 38.9 Å². The summed E-state index contributed by atoms with van der Waals surface area (Å²) in [6, 6.07) is 6.69. The van der Waals surface area contributed by atoms with Gasteiger partial charge in [-0.25, -0.2) is 0 Å². The Morgan fingerprint density at radius 1 is 1.21 bits per heavy atom. The molecule has 0 aliphatic heterocycles. The van der Waals surface area contributed by atoms with Crippen LogP contribution in [0.4, 0.5) is 0 Å². The minimum absolute atomic E-state index is 0.503. The lowest BCUT2D eigenvalue weighted by molar-refractivity contribution is 0.582. The molecule has 0 aromatic heterocycles. The third-order valence-electron chi connectivity index (χ3n) is 2.44. The highest BCUT2D eigenvalue weighted by Crippen LogP contribution is 2.32. The maximum Gasteiger partial charge on any atom is 0.0400 e. The minimum atomic E-state index is 0.503. The largest absolute Gasteiger partial charge is 0.0839 e. The van der Waals surface area contributed by atoms with Gasteiger partial charge in [0.05, 0.1) is 0 Å². The predicted octanol–water partition coefficient (Wildman–Crippen LogP) is 4.79. The summed E-state index contributed by atoms with van der Waals surface area (Å²) in [6.07, 6.45) is 1.20. The van der Waals surface area contributed by atoms with E-state index in [2.05, 4.69) is 61.8 Å². The molecule has 1 aromatic rings. The van der Waals surface area contributed by atoms with Crippen LogP contribution in [0.5, 0.6) is 0 Å². The van der Waals surface area contributed by atoms with Crippen LogP contribution in [0.15, 0.2) is 18.2 Å². The fraction of sp³-hybridized carbons (Fsp3) is 0.538. The molecule has 1 heteroatoms. The van der Waals surface area contributed by atoms with Crippen molar-refractivity contribution in [1.29, 1.82) is 0 Å². The predicted molar refractivity (Wildman–Crippen MR) is 67.0 cm³/mol. The van der Waals surface area contributed by atoms with Crippen molar-refractivity contribution in [3.05, 3.63) is 34.9 Å². The summed E-state index contributed by atoms with van der Waals surface area (Å²) in [6.45, 7) is 8.86. The van der Waals surface area contributed by atoms with E-state index in [4.69, 9.17) is 0 Å². The van der Waals surface area contributed by atoms with Crippen molar-refractivity contribution in [2.24, 2.45) is 5.92 Å². The third-order valence-corrected chi connectivity index (χ3v) is 3.31. The lowest BCUT2D eigenvalue weighted by atomic mass is 9.98. The monoisotopic (exact) mass is 254 g/mol. The van der Waals surface area contributed by atoms with Gasteiger partial charge < -0.3 is 0 Å². The lowest BCUT2D eigenvalue weighted by Crippen LogP contribution is -1.98. The Morgan fingerprint density at radius 3 is 2.36 bits per heavy atom. The standard InChI is InChI=1S/C13H19Br/c1-9(2)7-13(14)12-6-5-10(3)8-11(12)4/h5-6,8-9,13H,7H2,1-4H3. The van der Waals surface area contributed by atoms with E-state index < -0.39 is 0 Å². The van der Waals surface area contributed by atoms with E-state index in [1.54, 1.807) is 0 Å². The molecule has 0 bridgehead atoms. The molecule has 0 aliphatic rings. The Morgan fingerprint density at radius 2 is 1.86 bits per heavy atom. The first-order valence-corrected chi connectivity index (χ1v) is 6.13. The number of hydrogen-bond acceptors (Lipinski definition) is 0. The summed E-state index contributed by atoms with van der Waals surface area (Å²) in [7, 11) is 0. The molecular weight excluding hydrogens is 236 g/mol. The summed E-state index contributed by atoms with van der Waals surface area (Å²) in [5, 5.41) is 0. The smallest absolute Gasteiger partial charge is 0.0400 e. The molecule has 1 aromatic carbocycles. The van der Waals surface area contributed by atoms with Crippen molar-refractivity contribution in [2.75, 3.05) is 0 Å². The summed E-state index contributed by atoms with van der Waals surface area (Å²) >= 11 is 3.76. The van der Waals surface area contributed by atoms with Crippen LogP contribution in [0.25, 0.3) is 0 Å². The number of hydrogen-bond donors (Lipinski definition) is 0. The van der Waals surface area contributed by atoms with E-state index in [-0.39, 0.29) is 0 Å². The van der Waals surface area contributed by atoms with E-state index in [1.807, 2.05) is 0 Å². The molecule has 1 rings (SSSR count). The molecule has 0 aliphatic carbocycles.